The molecule has 0 aromatic heterocycles. The van der Waals surface area contributed by atoms with Crippen molar-refractivity contribution in [3.63, 3.8) is 0 Å². The lowest BCUT2D eigenvalue weighted by Gasteiger charge is -2.32. The molecule has 0 aliphatic carbocycles. The molecule has 0 aliphatic heterocycles. The summed E-state index contributed by atoms with van der Waals surface area (Å²) in [5.74, 6) is -1.08. The zero-order valence-corrected chi connectivity index (χ0v) is 21.2. The highest BCUT2D eigenvalue weighted by Gasteiger charge is 2.31. The van der Waals surface area contributed by atoms with Gasteiger partial charge < -0.3 is 10.2 Å². The molecule has 0 aliphatic rings. The quantitative estimate of drug-likeness (QED) is 0.308. The molecule has 1 N–H and O–H groups in total. The van der Waals surface area contributed by atoms with Crippen molar-refractivity contribution < 1.29 is 14.0 Å². The number of halogens is 3. The molecule has 35 heavy (non-hydrogen) atoms. The maximum Gasteiger partial charge on any atom is 0.243 e. The maximum atomic E-state index is 14.4. The first-order valence-electron chi connectivity index (χ1n) is 11.7. The molecular weight excluding hydrogens is 486 g/mol. The van der Waals surface area contributed by atoms with Crippen LogP contribution >= 0.6 is 23.2 Å². The monoisotopic (exact) mass is 514 g/mol. The summed E-state index contributed by atoms with van der Waals surface area (Å²) in [5, 5.41) is 3.83. The summed E-state index contributed by atoms with van der Waals surface area (Å²) >= 11 is 12.5. The zero-order valence-electron chi connectivity index (χ0n) is 19.6. The number of hydrogen-bond donors (Lipinski definition) is 1. The van der Waals surface area contributed by atoms with Crippen molar-refractivity contribution in [2.24, 2.45) is 0 Å². The standard InChI is InChI=1S/C28H29Cl2FN2O2/c1-2-3-15-32-28(35)26(16-20-9-5-4-6-10-20)33(19-22-13-14-23(29)18-24(22)30)27(34)17-21-11-7-8-12-25(21)31/h4-14,18,26H,2-3,15-17,19H2,1H3,(H,32,35)/t26-/m1/s1. The van der Waals surface area contributed by atoms with Gasteiger partial charge in [0.1, 0.15) is 11.9 Å². The first-order chi connectivity index (χ1) is 16.9. The lowest BCUT2D eigenvalue weighted by molar-refractivity contribution is -0.140. The third-order valence-corrected chi connectivity index (χ3v) is 6.34. The molecule has 0 unspecified atom stereocenters. The molecule has 2 amide bonds. The number of amides is 2. The molecule has 0 radical (unpaired) electrons. The molecule has 3 rings (SSSR count). The van der Waals surface area contributed by atoms with Crippen molar-refractivity contribution in [1.82, 2.24) is 10.2 Å². The molecule has 1 atom stereocenters. The van der Waals surface area contributed by atoms with Crippen LogP contribution in [0.2, 0.25) is 10.0 Å². The summed E-state index contributed by atoms with van der Waals surface area (Å²) in [6.07, 6.45) is 1.90. The van der Waals surface area contributed by atoms with E-state index < -0.39 is 11.9 Å². The second-order valence-corrected chi connectivity index (χ2v) is 9.22. The molecular formula is C28H29Cl2FN2O2. The van der Waals surface area contributed by atoms with Gasteiger partial charge in [0.15, 0.2) is 0 Å². The Labute approximate surface area is 216 Å². The predicted molar refractivity (Wildman–Crippen MR) is 139 cm³/mol. The van der Waals surface area contributed by atoms with E-state index in [2.05, 4.69) is 5.32 Å². The molecule has 184 valence electrons. The van der Waals surface area contributed by atoms with Gasteiger partial charge in [0.05, 0.1) is 6.42 Å². The number of nitrogens with one attached hydrogen (secondary N) is 1. The van der Waals surface area contributed by atoms with Crippen LogP contribution in [0.5, 0.6) is 0 Å². The number of nitrogens with zero attached hydrogens (tertiary/aromatic N) is 1. The fraction of sp³-hybridized carbons (Fsp3) is 0.286. The minimum Gasteiger partial charge on any atom is -0.354 e. The molecule has 0 saturated carbocycles. The van der Waals surface area contributed by atoms with E-state index in [0.29, 0.717) is 28.6 Å². The molecule has 0 spiro atoms. The van der Waals surface area contributed by atoms with Gasteiger partial charge in [0.25, 0.3) is 0 Å². The first kappa shape index (κ1) is 26.7. The van der Waals surface area contributed by atoms with Crippen molar-refractivity contribution in [1.29, 1.82) is 0 Å². The number of carbonyl (C=O) groups is 2. The number of carbonyl (C=O) groups excluding carboxylic acids is 2. The number of unbranched alkanes of at least 4 members (excludes halogenated alkanes) is 1. The number of hydrogen-bond acceptors (Lipinski definition) is 2. The average molecular weight is 515 g/mol. The van der Waals surface area contributed by atoms with Crippen molar-refractivity contribution in [3.8, 4) is 0 Å². The van der Waals surface area contributed by atoms with Crippen LogP contribution in [0.25, 0.3) is 0 Å². The minimum absolute atomic E-state index is 0.0853. The third kappa shape index (κ3) is 7.81. The Hall–Kier alpha value is -2.89. The largest absolute Gasteiger partial charge is 0.354 e. The van der Waals surface area contributed by atoms with Gasteiger partial charge in [0.2, 0.25) is 11.8 Å². The summed E-state index contributed by atoms with van der Waals surface area (Å²) in [4.78, 5) is 28.5. The molecule has 4 nitrogen and oxygen atoms in total. The molecule has 3 aromatic carbocycles. The van der Waals surface area contributed by atoms with Crippen LogP contribution in [0.15, 0.2) is 72.8 Å². The summed E-state index contributed by atoms with van der Waals surface area (Å²) in [6.45, 7) is 2.64. The number of rotatable bonds is 11. The lowest BCUT2D eigenvalue weighted by atomic mass is 10.0. The van der Waals surface area contributed by atoms with Gasteiger partial charge in [-0.15, -0.1) is 0 Å². The highest BCUT2D eigenvalue weighted by atomic mass is 35.5. The van der Waals surface area contributed by atoms with Crippen molar-refractivity contribution in [2.75, 3.05) is 6.54 Å². The van der Waals surface area contributed by atoms with Gasteiger partial charge in [-0.3, -0.25) is 9.59 Å². The van der Waals surface area contributed by atoms with Crippen LogP contribution in [0.3, 0.4) is 0 Å². The second kappa shape index (κ2) is 13.3. The fourth-order valence-corrected chi connectivity index (χ4v) is 4.27. The Kier molecular flexibility index (Phi) is 10.1. The molecule has 0 fully saturated rings. The number of benzene rings is 3. The van der Waals surface area contributed by atoms with E-state index in [9.17, 15) is 14.0 Å². The Bertz CT molecular complexity index is 1140. The average Bonchev–Trinajstić information content (AvgIpc) is 2.84. The first-order valence-corrected chi connectivity index (χ1v) is 12.4. The molecule has 0 bridgehead atoms. The normalized spacial score (nSPS) is 11.7. The van der Waals surface area contributed by atoms with E-state index in [0.717, 1.165) is 18.4 Å². The molecule has 3 aromatic rings. The summed E-state index contributed by atoms with van der Waals surface area (Å²) in [5.41, 5.74) is 1.83. The smallest absolute Gasteiger partial charge is 0.243 e. The van der Waals surface area contributed by atoms with Crippen molar-refractivity contribution in [3.05, 3.63) is 105 Å². The zero-order chi connectivity index (χ0) is 25.2. The maximum absolute atomic E-state index is 14.4. The van der Waals surface area contributed by atoms with Crippen molar-refractivity contribution >= 4 is 35.0 Å². The Morgan fingerprint density at radius 2 is 1.69 bits per heavy atom. The van der Waals surface area contributed by atoms with E-state index >= 15 is 0 Å². The molecule has 0 saturated heterocycles. The highest BCUT2D eigenvalue weighted by molar-refractivity contribution is 6.35. The van der Waals surface area contributed by atoms with Crippen LogP contribution in [0.4, 0.5) is 4.39 Å². The molecule has 0 heterocycles. The van der Waals surface area contributed by atoms with Crippen LogP contribution in [0.1, 0.15) is 36.5 Å². The van der Waals surface area contributed by atoms with Gasteiger partial charge in [-0.2, -0.15) is 0 Å². The lowest BCUT2D eigenvalue weighted by Crippen LogP contribution is -2.51. The van der Waals surface area contributed by atoms with Gasteiger partial charge in [-0.25, -0.2) is 4.39 Å². The molecule has 7 heteroatoms. The van der Waals surface area contributed by atoms with E-state index in [4.69, 9.17) is 23.2 Å². The topological polar surface area (TPSA) is 49.4 Å². The van der Waals surface area contributed by atoms with Crippen LogP contribution < -0.4 is 5.32 Å². The second-order valence-electron chi connectivity index (χ2n) is 8.38. The predicted octanol–water partition coefficient (Wildman–Crippen LogP) is 6.23. The van der Waals surface area contributed by atoms with Crippen LogP contribution in [0, 0.1) is 5.82 Å². The van der Waals surface area contributed by atoms with Gasteiger partial charge >= 0.3 is 0 Å². The Balaban J connectivity index is 1.98. The van der Waals surface area contributed by atoms with E-state index in [-0.39, 0.29) is 30.3 Å². The third-order valence-electron chi connectivity index (χ3n) is 5.76. The highest BCUT2D eigenvalue weighted by Crippen LogP contribution is 2.25. The summed E-state index contributed by atoms with van der Waals surface area (Å²) in [6, 6.07) is 19.9. The van der Waals surface area contributed by atoms with Gasteiger partial charge in [-0.05, 0) is 41.3 Å². The summed E-state index contributed by atoms with van der Waals surface area (Å²) in [7, 11) is 0. The van der Waals surface area contributed by atoms with Gasteiger partial charge in [-0.1, -0.05) is 91.1 Å². The van der Waals surface area contributed by atoms with E-state index in [1.54, 1.807) is 36.4 Å². The fourth-order valence-electron chi connectivity index (χ4n) is 3.80. The van der Waals surface area contributed by atoms with E-state index in [1.165, 1.54) is 11.0 Å². The minimum atomic E-state index is -0.805. The van der Waals surface area contributed by atoms with E-state index in [1.807, 2.05) is 37.3 Å². The van der Waals surface area contributed by atoms with Crippen LogP contribution in [-0.4, -0.2) is 29.3 Å². The van der Waals surface area contributed by atoms with Crippen molar-refractivity contribution in [2.45, 2.75) is 45.2 Å². The Morgan fingerprint density at radius 1 is 0.971 bits per heavy atom. The van der Waals surface area contributed by atoms with Crippen LogP contribution in [-0.2, 0) is 29.0 Å². The van der Waals surface area contributed by atoms with Gasteiger partial charge in [0, 0.05) is 29.6 Å². The Morgan fingerprint density at radius 3 is 2.37 bits per heavy atom. The summed E-state index contributed by atoms with van der Waals surface area (Å²) < 4.78 is 14.4. The SMILES string of the molecule is CCCCNC(=O)[C@@H](Cc1ccccc1)N(Cc1ccc(Cl)cc1Cl)C(=O)Cc1ccccc1F.